The van der Waals surface area contributed by atoms with Crippen molar-refractivity contribution in [1.82, 2.24) is 15.1 Å². The summed E-state index contributed by atoms with van der Waals surface area (Å²) >= 11 is 0. The second kappa shape index (κ2) is 9.72. The van der Waals surface area contributed by atoms with Gasteiger partial charge in [0.05, 0.1) is 12.3 Å². The second-order valence-corrected chi connectivity index (χ2v) is 5.18. The lowest BCUT2D eigenvalue weighted by atomic mass is 10.2. The first kappa shape index (κ1) is 16.9. The third-order valence-corrected chi connectivity index (χ3v) is 3.59. The van der Waals surface area contributed by atoms with Gasteiger partial charge in [-0.1, -0.05) is 12.5 Å². The van der Waals surface area contributed by atoms with Gasteiger partial charge < -0.3 is 10.1 Å². The maximum atomic E-state index is 5.04. The van der Waals surface area contributed by atoms with Crippen LogP contribution in [-0.2, 0) is 17.8 Å². The van der Waals surface area contributed by atoms with E-state index in [1.165, 1.54) is 30.5 Å². The maximum absolute atomic E-state index is 5.04. The van der Waals surface area contributed by atoms with Crippen molar-refractivity contribution in [1.29, 1.82) is 0 Å². The molecule has 1 aromatic rings. The molecule has 0 atom stereocenters. The molecular weight excluding hydrogens is 250 g/mol. The van der Waals surface area contributed by atoms with Crippen LogP contribution in [0.25, 0.3) is 0 Å². The fourth-order valence-electron chi connectivity index (χ4n) is 2.32. The van der Waals surface area contributed by atoms with Crippen LogP contribution in [0.3, 0.4) is 0 Å². The molecule has 1 N–H and O–H groups in total. The van der Waals surface area contributed by atoms with Gasteiger partial charge in [-0.2, -0.15) is 5.10 Å². The molecule has 4 heteroatoms. The number of ether oxygens (including phenoxy) is 1. The van der Waals surface area contributed by atoms with Gasteiger partial charge in [-0.3, -0.25) is 4.68 Å². The molecule has 0 unspecified atom stereocenters. The Hall–Kier alpha value is -1.13. The molecule has 0 radical (unpaired) electrons. The summed E-state index contributed by atoms with van der Waals surface area (Å²) in [6.45, 7) is 11.5. The van der Waals surface area contributed by atoms with Crippen LogP contribution < -0.4 is 5.32 Å². The van der Waals surface area contributed by atoms with Crippen molar-refractivity contribution in [2.75, 3.05) is 20.3 Å². The van der Waals surface area contributed by atoms with E-state index in [-0.39, 0.29) is 0 Å². The molecule has 1 heterocycles. The zero-order chi connectivity index (χ0) is 14.8. The molecule has 1 rings (SSSR count). The summed E-state index contributed by atoms with van der Waals surface area (Å²) in [4.78, 5) is 0. The average molecular weight is 279 g/mol. The van der Waals surface area contributed by atoms with Crippen molar-refractivity contribution in [3.05, 3.63) is 29.6 Å². The Morgan fingerprint density at radius 3 is 2.80 bits per heavy atom. The summed E-state index contributed by atoms with van der Waals surface area (Å²) in [6, 6.07) is 0. The number of allylic oxidation sites excluding steroid dienone is 1. The van der Waals surface area contributed by atoms with Crippen molar-refractivity contribution in [3.8, 4) is 0 Å². The predicted octanol–water partition coefficient (Wildman–Crippen LogP) is 2.98. The van der Waals surface area contributed by atoms with E-state index in [4.69, 9.17) is 4.74 Å². The van der Waals surface area contributed by atoms with Crippen LogP contribution in [0.4, 0.5) is 0 Å². The van der Waals surface area contributed by atoms with Gasteiger partial charge in [-0.05, 0) is 33.1 Å². The van der Waals surface area contributed by atoms with E-state index in [0.717, 1.165) is 38.4 Å². The van der Waals surface area contributed by atoms with E-state index >= 15 is 0 Å². The number of aryl methyl sites for hydroxylation is 2. The lowest BCUT2D eigenvalue weighted by molar-refractivity contribution is 0.199. The van der Waals surface area contributed by atoms with Gasteiger partial charge in [0.1, 0.15) is 0 Å². The molecule has 0 aliphatic rings. The SMILES string of the molecule is C=CCCCCCn1nc(C)c(CNCCOC)c1C. The monoisotopic (exact) mass is 279 g/mol. The van der Waals surface area contributed by atoms with Crippen LogP contribution in [0.5, 0.6) is 0 Å². The Bertz CT molecular complexity index is 399. The number of hydrogen-bond donors (Lipinski definition) is 1. The Kier molecular flexibility index (Phi) is 8.23. The third-order valence-electron chi connectivity index (χ3n) is 3.59. The van der Waals surface area contributed by atoms with Gasteiger partial charge in [0, 0.05) is 38.0 Å². The first-order valence-electron chi connectivity index (χ1n) is 7.54. The molecule has 0 aliphatic heterocycles. The molecule has 0 bridgehead atoms. The predicted molar refractivity (Wildman–Crippen MR) is 83.9 cm³/mol. The van der Waals surface area contributed by atoms with E-state index in [1.807, 2.05) is 6.08 Å². The van der Waals surface area contributed by atoms with Crippen LogP contribution in [0.15, 0.2) is 12.7 Å². The number of aromatic nitrogens is 2. The highest BCUT2D eigenvalue weighted by molar-refractivity contribution is 5.24. The number of hydrogen-bond acceptors (Lipinski definition) is 3. The summed E-state index contributed by atoms with van der Waals surface area (Å²) in [5.74, 6) is 0. The molecule has 1 aromatic heterocycles. The number of rotatable bonds is 11. The fraction of sp³-hybridized carbons (Fsp3) is 0.688. The molecule has 0 aliphatic carbocycles. The number of methoxy groups -OCH3 is 1. The summed E-state index contributed by atoms with van der Waals surface area (Å²) in [5.41, 5.74) is 3.75. The summed E-state index contributed by atoms with van der Waals surface area (Å²) in [5, 5.41) is 8.04. The highest BCUT2D eigenvalue weighted by Gasteiger charge is 2.10. The summed E-state index contributed by atoms with van der Waals surface area (Å²) in [6.07, 6.45) is 6.77. The lowest BCUT2D eigenvalue weighted by Crippen LogP contribution is -2.19. The first-order valence-corrected chi connectivity index (χ1v) is 7.54. The fourth-order valence-corrected chi connectivity index (χ4v) is 2.32. The van der Waals surface area contributed by atoms with Gasteiger partial charge in [0.2, 0.25) is 0 Å². The first-order chi connectivity index (χ1) is 9.70. The Labute approximate surface area is 123 Å². The Morgan fingerprint density at radius 1 is 1.30 bits per heavy atom. The molecule has 0 aromatic carbocycles. The Balaban J connectivity index is 2.42. The molecular formula is C16H29N3O. The van der Waals surface area contributed by atoms with E-state index in [9.17, 15) is 0 Å². The molecule has 0 spiro atoms. The lowest BCUT2D eigenvalue weighted by Gasteiger charge is -2.06. The molecule has 0 saturated heterocycles. The van der Waals surface area contributed by atoms with E-state index in [1.54, 1.807) is 7.11 Å². The van der Waals surface area contributed by atoms with Gasteiger partial charge in [-0.15, -0.1) is 6.58 Å². The molecule has 0 fully saturated rings. The van der Waals surface area contributed by atoms with E-state index < -0.39 is 0 Å². The van der Waals surface area contributed by atoms with Gasteiger partial charge in [0.15, 0.2) is 0 Å². The van der Waals surface area contributed by atoms with Crippen LogP contribution in [0.2, 0.25) is 0 Å². The van der Waals surface area contributed by atoms with Crippen LogP contribution in [0, 0.1) is 13.8 Å². The average Bonchev–Trinajstić information content (AvgIpc) is 2.70. The van der Waals surface area contributed by atoms with Crippen molar-refractivity contribution >= 4 is 0 Å². The Morgan fingerprint density at radius 2 is 2.10 bits per heavy atom. The zero-order valence-corrected chi connectivity index (χ0v) is 13.2. The standard InChI is InChI=1S/C16H29N3O/c1-5-6-7-8-9-11-19-15(3)16(14(2)18-19)13-17-10-12-20-4/h5,17H,1,6-13H2,2-4H3. The molecule has 0 saturated carbocycles. The van der Waals surface area contributed by atoms with Crippen molar-refractivity contribution in [3.63, 3.8) is 0 Å². The normalized spacial score (nSPS) is 10.9. The number of unbranched alkanes of at least 4 members (excludes halogenated alkanes) is 3. The van der Waals surface area contributed by atoms with Crippen LogP contribution >= 0.6 is 0 Å². The van der Waals surface area contributed by atoms with Crippen molar-refractivity contribution in [2.45, 2.75) is 52.6 Å². The zero-order valence-electron chi connectivity index (χ0n) is 13.2. The van der Waals surface area contributed by atoms with E-state index in [2.05, 4.69) is 35.5 Å². The largest absolute Gasteiger partial charge is 0.383 e. The molecule has 20 heavy (non-hydrogen) atoms. The quantitative estimate of drug-likeness (QED) is 0.500. The highest BCUT2D eigenvalue weighted by atomic mass is 16.5. The number of nitrogens with zero attached hydrogens (tertiary/aromatic N) is 2. The van der Waals surface area contributed by atoms with Crippen molar-refractivity contribution < 1.29 is 4.74 Å². The third kappa shape index (κ3) is 5.47. The number of nitrogens with one attached hydrogen (secondary N) is 1. The summed E-state index contributed by atoms with van der Waals surface area (Å²) in [7, 11) is 1.72. The smallest absolute Gasteiger partial charge is 0.0641 e. The van der Waals surface area contributed by atoms with Gasteiger partial charge in [0.25, 0.3) is 0 Å². The van der Waals surface area contributed by atoms with Gasteiger partial charge >= 0.3 is 0 Å². The van der Waals surface area contributed by atoms with Crippen LogP contribution in [-0.4, -0.2) is 30.0 Å². The minimum absolute atomic E-state index is 0.746. The maximum Gasteiger partial charge on any atom is 0.0641 e. The van der Waals surface area contributed by atoms with Gasteiger partial charge in [-0.25, -0.2) is 0 Å². The topological polar surface area (TPSA) is 39.1 Å². The van der Waals surface area contributed by atoms with Crippen LogP contribution in [0.1, 0.15) is 42.6 Å². The molecule has 114 valence electrons. The molecule has 0 amide bonds. The second-order valence-electron chi connectivity index (χ2n) is 5.18. The minimum atomic E-state index is 0.746. The van der Waals surface area contributed by atoms with Crippen molar-refractivity contribution in [2.24, 2.45) is 0 Å². The van der Waals surface area contributed by atoms with E-state index in [0.29, 0.717) is 0 Å². The minimum Gasteiger partial charge on any atom is -0.383 e. The molecule has 4 nitrogen and oxygen atoms in total. The summed E-state index contributed by atoms with van der Waals surface area (Å²) < 4.78 is 7.19. The highest BCUT2D eigenvalue weighted by Crippen LogP contribution is 2.14.